The average Bonchev–Trinajstić information content (AvgIpc) is 3.66. The standard InChI is InChI=1S/C52H44BF11N2O2/c1-9-32-26(5)48-47(49-27(6)33(10-2)29(8)66(49)53(63,64)65(48)28(32)7)42-24(3)22-31(23-25(42)4)68-41(67)13-11-12-30-14-15-34-36-17-20-39(51(57,58)59)46-40(52(60,61)62)21-18-37(45(36)46)35-16-19-38(50(54,55)56)43(30)44(34)35/h14-23H,9-13H2,1-8H3. The van der Waals surface area contributed by atoms with E-state index in [1.807, 2.05) is 41.5 Å². The third-order valence-corrected chi connectivity index (χ3v) is 14.2. The van der Waals surface area contributed by atoms with Crippen LogP contribution in [0, 0.1) is 27.7 Å². The van der Waals surface area contributed by atoms with Crippen LogP contribution in [0.15, 0.2) is 77.5 Å². The van der Waals surface area contributed by atoms with Gasteiger partial charge in [0.15, 0.2) is 5.70 Å². The normalized spacial score (nSPS) is 15.6. The summed E-state index contributed by atoms with van der Waals surface area (Å²) in [5.41, 5.74) is 3.86. The maximum absolute atomic E-state index is 16.9. The van der Waals surface area contributed by atoms with Crippen LogP contribution in [0.3, 0.4) is 0 Å². The van der Waals surface area contributed by atoms with Crippen molar-refractivity contribution in [2.45, 2.75) is 106 Å². The summed E-state index contributed by atoms with van der Waals surface area (Å²) in [6.45, 7) is 10.4. The highest BCUT2D eigenvalue weighted by Gasteiger charge is 2.57. The molecule has 0 fully saturated rings. The summed E-state index contributed by atoms with van der Waals surface area (Å²) in [7, 11) is 0. The molecule has 2 aliphatic rings. The number of alkyl halides is 9. The molecule has 354 valence electrons. The van der Waals surface area contributed by atoms with Gasteiger partial charge >= 0.3 is 31.5 Å². The van der Waals surface area contributed by atoms with Crippen molar-refractivity contribution < 1.29 is 62.2 Å². The zero-order chi connectivity index (χ0) is 49.5. The number of benzene rings is 6. The summed E-state index contributed by atoms with van der Waals surface area (Å²) < 4.78 is 172. The lowest BCUT2D eigenvalue weighted by Gasteiger charge is -2.34. The number of carbonyl (C=O) groups excluding carboxylic acids is 1. The fraction of sp³-hybridized carbons (Fsp3) is 0.308. The van der Waals surface area contributed by atoms with Gasteiger partial charge in [-0.05, 0) is 167 Å². The average molecular weight is 949 g/mol. The quantitative estimate of drug-likeness (QED) is 0.0380. The number of carbonyl (C=O) groups is 1. The highest BCUT2D eigenvalue weighted by atomic mass is 19.4. The van der Waals surface area contributed by atoms with E-state index in [0.29, 0.717) is 70.0 Å². The Labute approximate surface area is 383 Å². The van der Waals surface area contributed by atoms with Gasteiger partial charge in [0, 0.05) is 35.6 Å². The molecule has 16 heteroatoms. The molecule has 0 saturated carbocycles. The predicted octanol–water partition coefficient (Wildman–Crippen LogP) is 15.5. The van der Waals surface area contributed by atoms with Crippen LogP contribution in [0.25, 0.3) is 48.7 Å². The van der Waals surface area contributed by atoms with Crippen molar-refractivity contribution in [2.24, 2.45) is 0 Å². The van der Waals surface area contributed by atoms with Crippen molar-refractivity contribution in [3.05, 3.63) is 139 Å². The molecule has 4 nitrogen and oxygen atoms in total. The van der Waals surface area contributed by atoms with Crippen LogP contribution in [-0.4, -0.2) is 27.6 Å². The number of aromatic nitrogens is 1. The third-order valence-electron chi connectivity index (χ3n) is 14.2. The van der Waals surface area contributed by atoms with Crippen LogP contribution in [0.5, 0.6) is 5.75 Å². The number of esters is 1. The lowest BCUT2D eigenvalue weighted by Crippen LogP contribution is -2.51. The topological polar surface area (TPSA) is 34.2 Å². The summed E-state index contributed by atoms with van der Waals surface area (Å²) in [6, 6.07) is 11.0. The Balaban J connectivity index is 1.07. The van der Waals surface area contributed by atoms with E-state index in [4.69, 9.17) is 4.74 Å². The Hall–Kier alpha value is -6.19. The molecule has 7 aromatic rings. The smallest absolute Gasteiger partial charge is 0.427 e. The Morgan fingerprint density at radius 3 is 1.63 bits per heavy atom. The monoisotopic (exact) mass is 948 g/mol. The van der Waals surface area contributed by atoms with Crippen LogP contribution >= 0.6 is 0 Å². The van der Waals surface area contributed by atoms with Crippen molar-refractivity contribution in [2.75, 3.05) is 0 Å². The minimum atomic E-state index is -5.17. The van der Waals surface area contributed by atoms with Gasteiger partial charge < -0.3 is 22.3 Å². The second kappa shape index (κ2) is 15.7. The van der Waals surface area contributed by atoms with Gasteiger partial charge in [-0.15, -0.1) is 0 Å². The predicted molar refractivity (Wildman–Crippen MR) is 244 cm³/mol. The molecule has 0 aliphatic carbocycles. The lowest BCUT2D eigenvalue weighted by molar-refractivity contribution is -0.363. The second-order valence-electron chi connectivity index (χ2n) is 18.0. The van der Waals surface area contributed by atoms with Crippen LogP contribution in [0.1, 0.15) is 108 Å². The lowest BCUT2D eigenvalue weighted by atomic mass is 9.81. The summed E-state index contributed by atoms with van der Waals surface area (Å²) in [6.07, 6.45) is -14.4. The highest BCUT2D eigenvalue weighted by Crippen LogP contribution is 2.52. The number of hydrogen-bond donors (Lipinski definition) is 0. The minimum Gasteiger partial charge on any atom is -0.427 e. The van der Waals surface area contributed by atoms with Gasteiger partial charge in [0.2, 0.25) is 0 Å². The number of aryl methyl sites for hydroxylation is 3. The van der Waals surface area contributed by atoms with E-state index in [2.05, 4.69) is 0 Å². The van der Waals surface area contributed by atoms with Crippen LogP contribution in [-0.2, 0) is 36.2 Å². The van der Waals surface area contributed by atoms with E-state index in [0.717, 1.165) is 46.5 Å². The minimum absolute atomic E-state index is 0.0134. The van der Waals surface area contributed by atoms with E-state index < -0.39 is 53.5 Å². The summed E-state index contributed by atoms with van der Waals surface area (Å²) in [5, 5.41) is -1.78. The van der Waals surface area contributed by atoms with Crippen molar-refractivity contribution in [1.29, 1.82) is 0 Å². The van der Waals surface area contributed by atoms with Gasteiger partial charge in [-0.3, -0.25) is 4.79 Å². The van der Waals surface area contributed by atoms with E-state index in [9.17, 15) is 44.3 Å². The molecule has 0 saturated heterocycles. The first-order valence-electron chi connectivity index (χ1n) is 22.3. The summed E-state index contributed by atoms with van der Waals surface area (Å²) in [5.74, 6) is -0.503. The molecule has 1 aromatic heterocycles. The van der Waals surface area contributed by atoms with Gasteiger partial charge in [0.25, 0.3) is 0 Å². The zero-order valence-electron chi connectivity index (χ0n) is 38.3. The maximum atomic E-state index is 16.9. The van der Waals surface area contributed by atoms with Crippen molar-refractivity contribution in [3.63, 3.8) is 0 Å². The number of allylic oxidation sites excluding steroid dienone is 2. The van der Waals surface area contributed by atoms with Gasteiger partial charge in [0.1, 0.15) is 11.5 Å². The Morgan fingerprint density at radius 2 is 1.15 bits per heavy atom. The molecule has 6 aromatic carbocycles. The van der Waals surface area contributed by atoms with E-state index in [-0.39, 0.29) is 68.3 Å². The molecule has 0 N–H and O–H groups in total. The fourth-order valence-electron chi connectivity index (χ4n) is 11.6. The van der Waals surface area contributed by atoms with Gasteiger partial charge in [0.05, 0.1) is 22.3 Å². The second-order valence-corrected chi connectivity index (χ2v) is 18.0. The molecular formula is C52H44BF11N2O2. The Bertz CT molecular complexity index is 3350. The Morgan fingerprint density at radius 1 is 0.662 bits per heavy atom. The first-order chi connectivity index (χ1) is 31.7. The van der Waals surface area contributed by atoms with Crippen molar-refractivity contribution in [3.8, 4) is 5.75 Å². The molecule has 0 radical (unpaired) electrons. The third kappa shape index (κ3) is 6.85. The summed E-state index contributed by atoms with van der Waals surface area (Å²) >= 11 is 0. The molecular weight excluding hydrogens is 904 g/mol. The van der Waals surface area contributed by atoms with E-state index in [1.165, 1.54) is 21.1 Å². The molecule has 0 atom stereocenters. The molecule has 0 amide bonds. The van der Waals surface area contributed by atoms with Crippen LogP contribution < -0.4 is 4.74 Å². The highest BCUT2D eigenvalue weighted by molar-refractivity contribution is 6.58. The number of fused-ring (bicyclic) bond motifs is 4. The molecule has 0 bridgehead atoms. The largest absolute Gasteiger partial charge is 0.737 e. The fourth-order valence-corrected chi connectivity index (χ4v) is 11.6. The van der Waals surface area contributed by atoms with E-state index in [1.54, 1.807) is 26.0 Å². The van der Waals surface area contributed by atoms with Gasteiger partial charge in [-0.25, -0.2) is 0 Å². The Kier molecular flexibility index (Phi) is 10.8. The SMILES string of the molecule is CCC1=C(C)C2=C(c3c(C)cc(OC(=O)CCCc4ccc5c6ccc(C(F)(F)F)c7c(C(F)(F)F)ccc(c8ccc(C(F)(F)F)c4c58)c76)cc3C)c3c(C)c(CC)c(C)n3[B-](F)(F)[N+]2=C1C. The van der Waals surface area contributed by atoms with E-state index >= 15 is 8.63 Å². The molecule has 9 rings (SSSR count). The molecule has 3 heterocycles. The van der Waals surface area contributed by atoms with Crippen LogP contribution in [0.2, 0.25) is 0 Å². The maximum Gasteiger partial charge on any atom is 0.737 e. The molecule has 0 spiro atoms. The first-order valence-corrected chi connectivity index (χ1v) is 22.3. The van der Waals surface area contributed by atoms with Crippen molar-refractivity contribution >= 4 is 67.3 Å². The molecule has 68 heavy (non-hydrogen) atoms. The van der Waals surface area contributed by atoms with Crippen molar-refractivity contribution in [1.82, 2.24) is 4.48 Å². The van der Waals surface area contributed by atoms with Gasteiger partial charge in [-0.2, -0.15) is 39.5 Å². The number of rotatable bonds is 8. The molecule has 2 aliphatic heterocycles. The molecule has 0 unspecified atom stereocenters. The number of ether oxygens (including phenoxy) is 1. The summed E-state index contributed by atoms with van der Waals surface area (Å²) in [4.78, 5) is 13.5. The first kappa shape index (κ1) is 46.9. The zero-order valence-corrected chi connectivity index (χ0v) is 38.3. The van der Waals surface area contributed by atoms with Gasteiger partial charge in [-0.1, -0.05) is 44.2 Å². The number of halogens is 11. The number of hydrogen-bond acceptors (Lipinski definition) is 2. The van der Waals surface area contributed by atoms with Crippen LogP contribution in [0.4, 0.5) is 48.1 Å². The number of nitrogens with zero attached hydrogens (tertiary/aromatic N) is 2.